The molecule has 9 heteroatoms. The lowest BCUT2D eigenvalue weighted by Crippen LogP contribution is -2.47. The molecule has 1 amide bonds. The molecular weight excluding hydrogens is 361 g/mol. The van der Waals surface area contributed by atoms with Crippen LogP contribution >= 0.6 is 0 Å². The lowest BCUT2D eigenvalue weighted by Gasteiger charge is -2.28. The summed E-state index contributed by atoms with van der Waals surface area (Å²) in [7, 11) is 0. The third-order valence-electron chi connectivity index (χ3n) is 4.43. The van der Waals surface area contributed by atoms with Crippen LogP contribution in [0.5, 0.6) is 0 Å². The Bertz CT molecular complexity index is 1030. The van der Waals surface area contributed by atoms with Crippen molar-refractivity contribution in [2.24, 2.45) is 0 Å². The number of alkyl halides is 3. The van der Waals surface area contributed by atoms with Crippen LogP contribution in [-0.2, 0) is 11.0 Å². The Morgan fingerprint density at radius 3 is 2.81 bits per heavy atom. The van der Waals surface area contributed by atoms with Crippen molar-refractivity contribution in [3.05, 3.63) is 41.6 Å². The van der Waals surface area contributed by atoms with Crippen LogP contribution in [0.2, 0.25) is 0 Å². The van der Waals surface area contributed by atoms with Crippen LogP contribution < -0.4 is 10.2 Å². The van der Waals surface area contributed by atoms with E-state index in [0.29, 0.717) is 46.8 Å². The van der Waals surface area contributed by atoms with E-state index >= 15 is 0 Å². The molecule has 0 saturated carbocycles. The predicted octanol–water partition coefficient (Wildman–Crippen LogP) is 3.15. The van der Waals surface area contributed by atoms with Gasteiger partial charge >= 0.3 is 6.18 Å². The fraction of sp³-hybridized carbons (Fsp3) is 0.278. The van der Waals surface area contributed by atoms with E-state index in [1.165, 1.54) is 6.07 Å². The molecule has 4 rings (SSSR count). The van der Waals surface area contributed by atoms with Gasteiger partial charge in [-0.25, -0.2) is 4.98 Å². The molecule has 1 aromatic carbocycles. The van der Waals surface area contributed by atoms with Crippen molar-refractivity contribution >= 4 is 22.7 Å². The summed E-state index contributed by atoms with van der Waals surface area (Å²) in [6, 6.07) is 6.63. The molecule has 0 bridgehead atoms. The zero-order chi connectivity index (χ0) is 19.2. The fourth-order valence-corrected chi connectivity index (χ4v) is 3.09. The van der Waals surface area contributed by atoms with Gasteiger partial charge in [0.15, 0.2) is 0 Å². The van der Waals surface area contributed by atoms with Crippen molar-refractivity contribution < 1.29 is 22.5 Å². The maximum Gasteiger partial charge on any atom is 0.416 e. The van der Waals surface area contributed by atoms with Gasteiger partial charge < -0.3 is 14.7 Å². The molecule has 0 atom stereocenters. The van der Waals surface area contributed by atoms with Crippen molar-refractivity contribution in [2.75, 3.05) is 24.5 Å². The normalized spacial score (nSPS) is 15.3. The number of aromatic nitrogens is 2. The molecule has 6 nitrogen and oxygen atoms in total. The molecule has 0 unspecified atom stereocenters. The Kier molecular flexibility index (Phi) is 4.01. The molecule has 3 aromatic rings. The smallest absolute Gasteiger partial charge is 0.357 e. The van der Waals surface area contributed by atoms with Gasteiger partial charge in [0.1, 0.15) is 11.2 Å². The number of halogens is 3. The number of benzene rings is 1. The molecule has 3 heterocycles. The van der Waals surface area contributed by atoms with Gasteiger partial charge in [-0.05, 0) is 25.1 Å². The molecule has 0 aliphatic carbocycles. The number of carbonyl (C=O) groups is 1. The van der Waals surface area contributed by atoms with E-state index in [-0.39, 0.29) is 12.5 Å². The van der Waals surface area contributed by atoms with Gasteiger partial charge in [0.2, 0.25) is 11.5 Å². The summed E-state index contributed by atoms with van der Waals surface area (Å²) >= 11 is 0. The first-order valence-electron chi connectivity index (χ1n) is 8.29. The van der Waals surface area contributed by atoms with Crippen LogP contribution in [0.1, 0.15) is 11.3 Å². The number of anilines is 1. The Balaban J connectivity index is 1.87. The Labute approximate surface area is 152 Å². The molecule has 1 aliphatic rings. The first-order chi connectivity index (χ1) is 12.8. The number of nitrogens with zero attached hydrogens (tertiary/aromatic N) is 3. The van der Waals surface area contributed by atoms with E-state index < -0.39 is 11.7 Å². The quantitative estimate of drug-likeness (QED) is 0.744. The van der Waals surface area contributed by atoms with Crippen LogP contribution in [0.4, 0.5) is 18.9 Å². The van der Waals surface area contributed by atoms with Crippen LogP contribution in [0.15, 0.2) is 34.9 Å². The van der Waals surface area contributed by atoms with Gasteiger partial charge in [-0.1, -0.05) is 17.3 Å². The summed E-state index contributed by atoms with van der Waals surface area (Å²) in [5.41, 5.74) is 1.94. The average Bonchev–Trinajstić information content (AvgIpc) is 3.01. The van der Waals surface area contributed by atoms with Gasteiger partial charge in [-0.15, -0.1) is 0 Å². The summed E-state index contributed by atoms with van der Waals surface area (Å²) in [5, 5.41) is 6.66. The van der Waals surface area contributed by atoms with Crippen LogP contribution in [0.3, 0.4) is 0 Å². The van der Waals surface area contributed by atoms with E-state index in [1.54, 1.807) is 19.1 Å². The Morgan fingerprint density at radius 2 is 2.07 bits per heavy atom. The molecule has 1 aliphatic heterocycles. The number of nitrogens with one attached hydrogen (secondary N) is 1. The summed E-state index contributed by atoms with van der Waals surface area (Å²) < 4.78 is 44.6. The largest absolute Gasteiger partial charge is 0.416 e. The van der Waals surface area contributed by atoms with Gasteiger partial charge in [-0.2, -0.15) is 13.2 Å². The van der Waals surface area contributed by atoms with Crippen molar-refractivity contribution in [3.8, 4) is 11.3 Å². The highest BCUT2D eigenvalue weighted by Crippen LogP contribution is 2.35. The number of hydrogen-bond donors (Lipinski definition) is 1. The molecule has 0 spiro atoms. The van der Waals surface area contributed by atoms with E-state index in [0.717, 1.165) is 12.1 Å². The Morgan fingerprint density at radius 1 is 1.26 bits per heavy atom. The maximum absolute atomic E-state index is 13.1. The predicted molar refractivity (Wildman–Crippen MR) is 92.2 cm³/mol. The third-order valence-corrected chi connectivity index (χ3v) is 4.43. The number of fused-ring (bicyclic) bond motifs is 1. The second kappa shape index (κ2) is 6.26. The standard InChI is InChI=1S/C18H15F3N4O2/c1-10-16-17(27-24-10)14(25-6-5-22-15(26)9-25)8-13(23-16)11-3-2-4-12(7-11)18(19,20)21/h2-4,7-8H,5-6,9H2,1H3,(H,22,26). The molecular formula is C18H15F3N4O2. The number of rotatable bonds is 2. The Hall–Kier alpha value is -3.10. The van der Waals surface area contributed by atoms with Crippen LogP contribution in [-0.4, -0.2) is 35.7 Å². The molecule has 1 N–H and O–H groups in total. The van der Waals surface area contributed by atoms with Crippen LogP contribution in [0, 0.1) is 6.92 Å². The highest BCUT2D eigenvalue weighted by Gasteiger charge is 2.31. The minimum Gasteiger partial charge on any atom is -0.357 e. The number of aryl methyl sites for hydroxylation is 1. The van der Waals surface area contributed by atoms with E-state index in [1.807, 2.05) is 4.90 Å². The minimum atomic E-state index is -4.44. The van der Waals surface area contributed by atoms with Crippen molar-refractivity contribution in [1.82, 2.24) is 15.5 Å². The summed E-state index contributed by atoms with van der Waals surface area (Å²) in [5.74, 6) is -0.136. The van der Waals surface area contributed by atoms with Crippen molar-refractivity contribution in [1.29, 1.82) is 0 Å². The molecule has 0 radical (unpaired) electrons. The minimum absolute atomic E-state index is 0.126. The van der Waals surface area contributed by atoms with Gasteiger partial charge in [-0.3, -0.25) is 4.79 Å². The number of carbonyl (C=O) groups excluding carboxylic acids is 1. The highest BCUT2D eigenvalue weighted by molar-refractivity contribution is 5.93. The monoisotopic (exact) mass is 376 g/mol. The molecule has 1 fully saturated rings. The summed E-state index contributed by atoms with van der Waals surface area (Å²) in [6.45, 7) is 2.85. The first-order valence-corrected chi connectivity index (χ1v) is 8.29. The maximum atomic E-state index is 13.1. The number of hydrogen-bond acceptors (Lipinski definition) is 5. The van der Waals surface area contributed by atoms with Crippen molar-refractivity contribution in [2.45, 2.75) is 13.1 Å². The molecule has 1 saturated heterocycles. The molecule has 140 valence electrons. The zero-order valence-electron chi connectivity index (χ0n) is 14.3. The van der Waals surface area contributed by atoms with Gasteiger partial charge in [0.25, 0.3) is 0 Å². The van der Waals surface area contributed by atoms with Crippen LogP contribution in [0.25, 0.3) is 22.4 Å². The fourth-order valence-electron chi connectivity index (χ4n) is 3.09. The van der Waals surface area contributed by atoms with E-state index in [9.17, 15) is 18.0 Å². The third kappa shape index (κ3) is 3.20. The number of pyridine rings is 1. The zero-order valence-corrected chi connectivity index (χ0v) is 14.3. The topological polar surface area (TPSA) is 71.3 Å². The second-order valence-corrected chi connectivity index (χ2v) is 6.32. The highest BCUT2D eigenvalue weighted by atomic mass is 19.4. The average molecular weight is 376 g/mol. The number of amides is 1. The first kappa shape index (κ1) is 17.3. The molecule has 2 aromatic heterocycles. The lowest BCUT2D eigenvalue weighted by molar-refractivity contribution is -0.137. The number of piperazine rings is 1. The lowest BCUT2D eigenvalue weighted by atomic mass is 10.1. The molecule has 27 heavy (non-hydrogen) atoms. The second-order valence-electron chi connectivity index (χ2n) is 6.32. The van der Waals surface area contributed by atoms with Gasteiger partial charge in [0.05, 0.1) is 23.5 Å². The summed E-state index contributed by atoms with van der Waals surface area (Å²) in [6.07, 6.45) is -4.44. The SMILES string of the molecule is Cc1noc2c(N3CCNC(=O)C3)cc(-c3cccc(C(F)(F)F)c3)nc12. The van der Waals surface area contributed by atoms with E-state index in [2.05, 4.69) is 15.5 Å². The van der Waals surface area contributed by atoms with Crippen molar-refractivity contribution in [3.63, 3.8) is 0 Å². The van der Waals surface area contributed by atoms with E-state index in [4.69, 9.17) is 4.52 Å². The van der Waals surface area contributed by atoms with Gasteiger partial charge in [0, 0.05) is 18.7 Å². The summed E-state index contributed by atoms with van der Waals surface area (Å²) in [4.78, 5) is 18.0.